The van der Waals surface area contributed by atoms with Gasteiger partial charge in [-0.3, -0.25) is 0 Å². The highest BCUT2D eigenvalue weighted by Gasteiger charge is 2.25. The molecular formula is C14H19N3. The molecule has 0 saturated heterocycles. The Kier molecular flexibility index (Phi) is 4.13. The van der Waals surface area contributed by atoms with Crippen molar-refractivity contribution in [2.24, 2.45) is 0 Å². The molecule has 0 aliphatic heterocycles. The number of nitrogens with zero attached hydrogens (tertiary/aromatic N) is 2. The van der Waals surface area contributed by atoms with E-state index in [-0.39, 0.29) is 0 Å². The van der Waals surface area contributed by atoms with E-state index in [9.17, 15) is 0 Å². The van der Waals surface area contributed by atoms with Crippen LogP contribution < -0.4 is 5.32 Å². The van der Waals surface area contributed by atoms with E-state index in [0.717, 1.165) is 31.2 Å². The van der Waals surface area contributed by atoms with Gasteiger partial charge in [-0.15, -0.1) is 0 Å². The topological polar surface area (TPSA) is 39.1 Å². The Labute approximate surface area is 103 Å². The lowest BCUT2D eigenvalue weighted by Gasteiger charge is -2.15. The molecule has 1 N–H and O–H groups in total. The average Bonchev–Trinajstić information content (AvgIpc) is 3.19. The third kappa shape index (κ3) is 3.85. The van der Waals surface area contributed by atoms with Gasteiger partial charge in [0, 0.05) is 25.7 Å². The van der Waals surface area contributed by atoms with Crippen molar-refractivity contribution >= 4 is 0 Å². The zero-order valence-corrected chi connectivity index (χ0v) is 10.3. The third-order valence-corrected chi connectivity index (χ3v) is 3.22. The number of nitrogens with one attached hydrogen (secondary N) is 1. The molecule has 3 nitrogen and oxygen atoms in total. The Hall–Kier alpha value is -1.37. The van der Waals surface area contributed by atoms with Crippen molar-refractivity contribution in [3.05, 3.63) is 35.4 Å². The lowest BCUT2D eigenvalue weighted by Crippen LogP contribution is -2.30. The van der Waals surface area contributed by atoms with Crippen LogP contribution in [0.15, 0.2) is 24.3 Å². The van der Waals surface area contributed by atoms with E-state index < -0.39 is 0 Å². The smallest absolute Gasteiger partial charge is 0.0991 e. The Morgan fingerprint density at radius 1 is 1.35 bits per heavy atom. The molecule has 90 valence electrons. The molecule has 1 aliphatic carbocycles. The Balaban J connectivity index is 1.65. The van der Waals surface area contributed by atoms with Crippen LogP contribution in [-0.2, 0) is 6.54 Å². The number of hydrogen-bond donors (Lipinski definition) is 1. The van der Waals surface area contributed by atoms with Crippen molar-refractivity contribution in [1.29, 1.82) is 5.26 Å². The van der Waals surface area contributed by atoms with Gasteiger partial charge in [-0.25, -0.2) is 0 Å². The maximum absolute atomic E-state index is 8.69. The summed E-state index contributed by atoms with van der Waals surface area (Å²) in [6.07, 6.45) is 2.73. The molecular weight excluding hydrogens is 210 g/mol. The lowest BCUT2D eigenvalue weighted by molar-refractivity contribution is 0.321. The molecule has 0 heterocycles. The van der Waals surface area contributed by atoms with E-state index in [4.69, 9.17) is 5.26 Å². The Bertz CT molecular complexity index is 387. The Morgan fingerprint density at radius 2 is 2.06 bits per heavy atom. The van der Waals surface area contributed by atoms with Gasteiger partial charge in [-0.1, -0.05) is 12.1 Å². The van der Waals surface area contributed by atoms with Crippen molar-refractivity contribution in [1.82, 2.24) is 10.2 Å². The summed E-state index contributed by atoms with van der Waals surface area (Å²) in [4.78, 5) is 2.42. The molecule has 0 atom stereocenters. The van der Waals surface area contributed by atoms with Crippen LogP contribution in [0.4, 0.5) is 0 Å². The van der Waals surface area contributed by atoms with E-state index in [2.05, 4.69) is 23.3 Å². The quantitative estimate of drug-likeness (QED) is 0.755. The minimum absolute atomic E-state index is 0.724. The zero-order chi connectivity index (χ0) is 12.1. The predicted octanol–water partition coefficient (Wildman–Crippen LogP) is 1.74. The summed E-state index contributed by atoms with van der Waals surface area (Å²) >= 11 is 0. The summed E-state index contributed by atoms with van der Waals surface area (Å²) in [5.74, 6) is 0. The van der Waals surface area contributed by atoms with Gasteiger partial charge in [-0.2, -0.15) is 5.26 Å². The van der Waals surface area contributed by atoms with Crippen LogP contribution in [-0.4, -0.2) is 31.1 Å². The molecule has 3 heteroatoms. The molecule has 0 spiro atoms. The molecule has 0 unspecified atom stereocenters. The molecule has 1 aliphatic rings. The number of hydrogen-bond acceptors (Lipinski definition) is 3. The highest BCUT2D eigenvalue weighted by molar-refractivity contribution is 5.31. The molecule has 0 aromatic heterocycles. The normalized spacial score (nSPS) is 14.9. The van der Waals surface area contributed by atoms with Crippen LogP contribution in [0, 0.1) is 11.3 Å². The summed E-state index contributed by atoms with van der Waals surface area (Å²) in [6, 6.07) is 10.7. The third-order valence-electron chi connectivity index (χ3n) is 3.22. The van der Waals surface area contributed by atoms with Crippen LogP contribution in [0.25, 0.3) is 0 Å². The fourth-order valence-electron chi connectivity index (χ4n) is 1.88. The summed E-state index contributed by atoms with van der Waals surface area (Å²) in [5, 5.41) is 12.1. The number of likely N-dealkylation sites (N-methyl/N-ethyl adjacent to an activating group) is 1. The highest BCUT2D eigenvalue weighted by Crippen LogP contribution is 2.24. The molecule has 0 amide bonds. The van der Waals surface area contributed by atoms with Gasteiger partial charge in [-0.05, 0) is 37.6 Å². The van der Waals surface area contributed by atoms with E-state index in [1.807, 2.05) is 24.3 Å². The highest BCUT2D eigenvalue weighted by atomic mass is 15.2. The second kappa shape index (κ2) is 5.81. The first kappa shape index (κ1) is 12.1. The maximum atomic E-state index is 8.69. The molecule has 2 rings (SSSR count). The van der Waals surface area contributed by atoms with Gasteiger partial charge in [0.2, 0.25) is 0 Å². The monoisotopic (exact) mass is 229 g/mol. The number of benzene rings is 1. The van der Waals surface area contributed by atoms with Crippen LogP contribution in [0.1, 0.15) is 24.0 Å². The average molecular weight is 229 g/mol. The van der Waals surface area contributed by atoms with Crippen LogP contribution in [0.3, 0.4) is 0 Å². The summed E-state index contributed by atoms with van der Waals surface area (Å²) in [6.45, 7) is 3.01. The summed E-state index contributed by atoms with van der Waals surface area (Å²) in [7, 11) is 2.20. The standard InChI is InChI=1S/C14H19N3/c1-17(14-6-7-14)9-8-16-11-13-4-2-12(10-15)3-5-13/h2-5,14,16H,6-9,11H2,1H3. The largest absolute Gasteiger partial charge is 0.311 e. The maximum Gasteiger partial charge on any atom is 0.0991 e. The van der Waals surface area contributed by atoms with Gasteiger partial charge in [0.05, 0.1) is 11.6 Å². The summed E-state index contributed by atoms with van der Waals surface area (Å²) in [5.41, 5.74) is 1.96. The molecule has 0 radical (unpaired) electrons. The molecule has 1 saturated carbocycles. The van der Waals surface area contributed by atoms with Gasteiger partial charge in [0.25, 0.3) is 0 Å². The van der Waals surface area contributed by atoms with Gasteiger partial charge < -0.3 is 10.2 Å². The van der Waals surface area contributed by atoms with Crippen molar-refractivity contribution in [3.8, 4) is 6.07 Å². The first-order chi connectivity index (χ1) is 8.29. The first-order valence-corrected chi connectivity index (χ1v) is 6.19. The van der Waals surface area contributed by atoms with Gasteiger partial charge in [0.1, 0.15) is 0 Å². The van der Waals surface area contributed by atoms with Gasteiger partial charge in [0.15, 0.2) is 0 Å². The summed E-state index contributed by atoms with van der Waals surface area (Å²) < 4.78 is 0. The van der Waals surface area contributed by atoms with E-state index >= 15 is 0 Å². The van der Waals surface area contributed by atoms with Crippen LogP contribution >= 0.6 is 0 Å². The van der Waals surface area contributed by atoms with E-state index in [0.29, 0.717) is 0 Å². The first-order valence-electron chi connectivity index (χ1n) is 6.19. The van der Waals surface area contributed by atoms with Crippen molar-refractivity contribution in [2.45, 2.75) is 25.4 Å². The van der Waals surface area contributed by atoms with E-state index in [1.165, 1.54) is 18.4 Å². The van der Waals surface area contributed by atoms with Crippen molar-refractivity contribution in [2.75, 3.05) is 20.1 Å². The Morgan fingerprint density at radius 3 is 2.65 bits per heavy atom. The fourth-order valence-corrected chi connectivity index (χ4v) is 1.88. The molecule has 1 aromatic carbocycles. The number of nitriles is 1. The SMILES string of the molecule is CN(CCNCc1ccc(C#N)cc1)C1CC1. The van der Waals surface area contributed by atoms with Crippen LogP contribution in [0.5, 0.6) is 0 Å². The van der Waals surface area contributed by atoms with E-state index in [1.54, 1.807) is 0 Å². The van der Waals surface area contributed by atoms with Crippen molar-refractivity contribution in [3.63, 3.8) is 0 Å². The predicted molar refractivity (Wildman–Crippen MR) is 68.5 cm³/mol. The minimum Gasteiger partial charge on any atom is -0.311 e. The zero-order valence-electron chi connectivity index (χ0n) is 10.3. The second-order valence-corrected chi connectivity index (χ2v) is 4.70. The van der Waals surface area contributed by atoms with Crippen molar-refractivity contribution < 1.29 is 0 Å². The van der Waals surface area contributed by atoms with Crippen LogP contribution in [0.2, 0.25) is 0 Å². The number of rotatable bonds is 6. The van der Waals surface area contributed by atoms with Gasteiger partial charge >= 0.3 is 0 Å². The molecule has 17 heavy (non-hydrogen) atoms. The fraction of sp³-hybridized carbons (Fsp3) is 0.500. The molecule has 1 fully saturated rings. The molecule has 1 aromatic rings. The second-order valence-electron chi connectivity index (χ2n) is 4.70. The minimum atomic E-state index is 0.724. The molecule has 0 bridgehead atoms. The lowest BCUT2D eigenvalue weighted by atomic mass is 10.1.